The van der Waals surface area contributed by atoms with Crippen LogP contribution in [0.25, 0.3) is 0 Å². The van der Waals surface area contributed by atoms with Crippen LogP contribution in [0.2, 0.25) is 0 Å². The Kier molecular flexibility index (Phi) is 6.16. The third-order valence-electron chi connectivity index (χ3n) is 2.79. The monoisotopic (exact) mass is 313 g/mol. The number of nitrogens with one attached hydrogen (secondary N) is 1. The summed E-state index contributed by atoms with van der Waals surface area (Å²) < 4.78 is 0. The van der Waals surface area contributed by atoms with Gasteiger partial charge in [-0.05, 0) is 25.3 Å². The van der Waals surface area contributed by atoms with E-state index in [1.165, 1.54) is 16.2 Å². The van der Waals surface area contributed by atoms with Crippen LogP contribution in [0, 0.1) is 0 Å². The standard InChI is InChI=1S/C13H19N3O4S/c1-8(2)16(7-9-4-3-5-21-9)13(20)15-10(12(18)19)6-11(14)17/h3-5,8,10H,6-7H2,1-2H3,(H2,14,17)(H,15,20)(H,18,19)/t10-/m0/s1. The summed E-state index contributed by atoms with van der Waals surface area (Å²) in [6, 6.07) is 1.80. The van der Waals surface area contributed by atoms with E-state index in [-0.39, 0.29) is 6.04 Å². The molecule has 0 radical (unpaired) electrons. The molecule has 0 saturated carbocycles. The lowest BCUT2D eigenvalue weighted by Crippen LogP contribution is -2.50. The highest BCUT2D eigenvalue weighted by atomic mass is 32.1. The number of rotatable bonds is 7. The number of carboxylic acids is 1. The first-order chi connectivity index (χ1) is 9.81. The average molecular weight is 313 g/mol. The number of hydrogen-bond acceptors (Lipinski definition) is 4. The van der Waals surface area contributed by atoms with Gasteiger partial charge in [0.05, 0.1) is 13.0 Å². The number of carbonyl (C=O) groups excluding carboxylic acids is 2. The van der Waals surface area contributed by atoms with Gasteiger partial charge in [-0.2, -0.15) is 0 Å². The van der Waals surface area contributed by atoms with E-state index in [2.05, 4.69) is 5.32 Å². The first-order valence-electron chi connectivity index (χ1n) is 6.42. The molecule has 1 rings (SSSR count). The lowest BCUT2D eigenvalue weighted by atomic mass is 10.2. The molecule has 7 nitrogen and oxygen atoms in total. The molecule has 1 aromatic rings. The van der Waals surface area contributed by atoms with Crippen molar-refractivity contribution in [2.24, 2.45) is 5.73 Å². The van der Waals surface area contributed by atoms with Gasteiger partial charge in [0.15, 0.2) is 0 Å². The molecule has 0 bridgehead atoms. The lowest BCUT2D eigenvalue weighted by molar-refractivity contribution is -0.141. The molecule has 8 heteroatoms. The van der Waals surface area contributed by atoms with E-state index in [1.807, 2.05) is 31.4 Å². The van der Waals surface area contributed by atoms with Crippen molar-refractivity contribution < 1.29 is 19.5 Å². The summed E-state index contributed by atoms with van der Waals surface area (Å²) in [4.78, 5) is 36.6. The number of urea groups is 1. The highest BCUT2D eigenvalue weighted by molar-refractivity contribution is 7.09. The van der Waals surface area contributed by atoms with Crippen LogP contribution in [0.3, 0.4) is 0 Å². The molecular formula is C13H19N3O4S. The number of carbonyl (C=O) groups is 3. The van der Waals surface area contributed by atoms with Gasteiger partial charge >= 0.3 is 12.0 Å². The number of hydrogen-bond donors (Lipinski definition) is 3. The van der Waals surface area contributed by atoms with Gasteiger partial charge in [0.2, 0.25) is 5.91 Å². The van der Waals surface area contributed by atoms with E-state index in [4.69, 9.17) is 10.8 Å². The topological polar surface area (TPSA) is 113 Å². The maximum absolute atomic E-state index is 12.2. The Morgan fingerprint density at radius 1 is 1.43 bits per heavy atom. The number of nitrogens with two attached hydrogens (primary N) is 1. The minimum Gasteiger partial charge on any atom is -0.480 e. The zero-order valence-corrected chi connectivity index (χ0v) is 12.7. The molecule has 21 heavy (non-hydrogen) atoms. The van der Waals surface area contributed by atoms with Crippen molar-refractivity contribution in [2.75, 3.05) is 0 Å². The van der Waals surface area contributed by atoms with Gasteiger partial charge in [-0.25, -0.2) is 9.59 Å². The molecule has 0 aliphatic rings. The van der Waals surface area contributed by atoms with Crippen molar-refractivity contribution in [3.63, 3.8) is 0 Å². The van der Waals surface area contributed by atoms with Gasteiger partial charge in [0, 0.05) is 10.9 Å². The molecular weight excluding hydrogens is 294 g/mol. The number of nitrogens with zero attached hydrogens (tertiary/aromatic N) is 1. The fourth-order valence-electron chi connectivity index (χ4n) is 1.69. The van der Waals surface area contributed by atoms with Crippen molar-refractivity contribution in [3.05, 3.63) is 22.4 Å². The minimum atomic E-state index is -1.32. The number of aliphatic carboxylic acids is 1. The third-order valence-corrected chi connectivity index (χ3v) is 3.65. The van der Waals surface area contributed by atoms with Crippen molar-refractivity contribution in [2.45, 2.75) is 38.9 Å². The summed E-state index contributed by atoms with van der Waals surface area (Å²) in [6.07, 6.45) is -0.438. The Morgan fingerprint density at radius 2 is 2.10 bits per heavy atom. The van der Waals surface area contributed by atoms with Crippen LogP contribution in [-0.2, 0) is 16.1 Å². The molecule has 1 aromatic heterocycles. The summed E-state index contributed by atoms with van der Waals surface area (Å²) in [7, 11) is 0. The Labute approximate surface area is 126 Å². The highest BCUT2D eigenvalue weighted by Gasteiger charge is 2.26. The second-order valence-corrected chi connectivity index (χ2v) is 5.84. The number of amides is 3. The summed E-state index contributed by atoms with van der Waals surface area (Å²) in [5.41, 5.74) is 4.99. The van der Waals surface area contributed by atoms with Crippen molar-refractivity contribution in [1.82, 2.24) is 10.2 Å². The SMILES string of the molecule is CC(C)N(Cc1cccs1)C(=O)N[C@@H](CC(N)=O)C(=O)O. The van der Waals surface area contributed by atoms with Gasteiger partial charge in [-0.3, -0.25) is 4.79 Å². The molecule has 116 valence electrons. The lowest BCUT2D eigenvalue weighted by Gasteiger charge is -2.28. The molecule has 1 atom stereocenters. The average Bonchev–Trinajstić information content (AvgIpc) is 2.86. The van der Waals surface area contributed by atoms with Crippen LogP contribution in [0.15, 0.2) is 17.5 Å². The molecule has 0 aromatic carbocycles. The largest absolute Gasteiger partial charge is 0.480 e. The Hall–Kier alpha value is -2.09. The van der Waals surface area contributed by atoms with Crippen LogP contribution in [0.4, 0.5) is 4.79 Å². The third kappa shape index (κ3) is 5.42. The van der Waals surface area contributed by atoms with E-state index in [0.29, 0.717) is 6.54 Å². The number of thiophene rings is 1. The van der Waals surface area contributed by atoms with Gasteiger partial charge in [0.25, 0.3) is 0 Å². The second-order valence-electron chi connectivity index (χ2n) is 4.81. The molecule has 0 spiro atoms. The van der Waals surface area contributed by atoms with Crippen LogP contribution >= 0.6 is 11.3 Å². The molecule has 0 aliphatic heterocycles. The molecule has 3 amide bonds. The van der Waals surface area contributed by atoms with E-state index in [1.54, 1.807) is 0 Å². The van der Waals surface area contributed by atoms with E-state index >= 15 is 0 Å². The van der Waals surface area contributed by atoms with Gasteiger partial charge in [-0.15, -0.1) is 11.3 Å². The van der Waals surface area contributed by atoms with E-state index in [9.17, 15) is 14.4 Å². The van der Waals surface area contributed by atoms with Crippen LogP contribution in [0.1, 0.15) is 25.1 Å². The van der Waals surface area contributed by atoms with Crippen molar-refractivity contribution >= 4 is 29.2 Å². The van der Waals surface area contributed by atoms with Crippen molar-refractivity contribution in [3.8, 4) is 0 Å². The Morgan fingerprint density at radius 3 is 2.52 bits per heavy atom. The summed E-state index contributed by atoms with van der Waals surface area (Å²) in [5.74, 6) is -2.07. The first-order valence-corrected chi connectivity index (χ1v) is 7.29. The Bertz CT molecular complexity index is 502. The zero-order valence-electron chi connectivity index (χ0n) is 11.9. The summed E-state index contributed by atoms with van der Waals surface area (Å²) in [6.45, 7) is 4.04. The van der Waals surface area contributed by atoms with E-state index in [0.717, 1.165) is 4.88 Å². The molecule has 4 N–H and O–H groups in total. The van der Waals surface area contributed by atoms with E-state index < -0.39 is 30.4 Å². The number of primary amides is 1. The smallest absolute Gasteiger partial charge is 0.326 e. The molecule has 1 heterocycles. The van der Waals surface area contributed by atoms with Gasteiger partial charge < -0.3 is 21.1 Å². The second kappa shape index (κ2) is 7.63. The zero-order chi connectivity index (χ0) is 16.0. The molecule has 0 unspecified atom stereocenters. The van der Waals surface area contributed by atoms with Gasteiger partial charge in [-0.1, -0.05) is 6.07 Å². The summed E-state index contributed by atoms with van der Waals surface area (Å²) >= 11 is 1.51. The fraction of sp³-hybridized carbons (Fsp3) is 0.462. The minimum absolute atomic E-state index is 0.116. The quantitative estimate of drug-likeness (QED) is 0.697. The predicted octanol–water partition coefficient (Wildman–Crippen LogP) is 0.997. The molecule has 0 fully saturated rings. The number of carboxylic acid groups (broad SMARTS) is 1. The predicted molar refractivity (Wildman–Crippen MR) is 78.8 cm³/mol. The highest BCUT2D eigenvalue weighted by Crippen LogP contribution is 2.14. The van der Waals surface area contributed by atoms with Crippen LogP contribution in [-0.4, -0.2) is 40.0 Å². The summed E-state index contributed by atoms with van der Waals surface area (Å²) in [5, 5.41) is 13.2. The molecule has 0 saturated heterocycles. The van der Waals surface area contributed by atoms with Crippen molar-refractivity contribution in [1.29, 1.82) is 0 Å². The first kappa shape index (κ1) is 17.0. The maximum Gasteiger partial charge on any atom is 0.326 e. The fourth-order valence-corrected chi connectivity index (χ4v) is 2.40. The maximum atomic E-state index is 12.2. The van der Waals surface area contributed by atoms with Crippen LogP contribution < -0.4 is 11.1 Å². The normalized spacial score (nSPS) is 12.0. The van der Waals surface area contributed by atoms with Crippen LogP contribution in [0.5, 0.6) is 0 Å². The van der Waals surface area contributed by atoms with Gasteiger partial charge in [0.1, 0.15) is 6.04 Å². The Balaban J connectivity index is 2.75. The molecule has 0 aliphatic carbocycles.